The van der Waals surface area contributed by atoms with Crippen LogP contribution in [0.3, 0.4) is 0 Å². The average Bonchev–Trinajstić information content (AvgIpc) is 2.84. The van der Waals surface area contributed by atoms with Gasteiger partial charge in [0.15, 0.2) is 0 Å². The van der Waals surface area contributed by atoms with Crippen molar-refractivity contribution in [3.8, 4) is 5.75 Å². The molecule has 6 heteroatoms. The van der Waals surface area contributed by atoms with Crippen LogP contribution in [0.5, 0.6) is 5.75 Å². The van der Waals surface area contributed by atoms with E-state index in [0.717, 1.165) is 42.0 Å². The molecule has 0 spiro atoms. The standard InChI is InChI=1S/C14H20BrN3O2/c1-2-16-10-11-4-3-5-12(15)13(11)20-9-8-18-7-6-17-14(18)19/h3-5,16H,2,6-10H2,1H3,(H,17,19). The van der Waals surface area contributed by atoms with Gasteiger partial charge >= 0.3 is 6.03 Å². The Balaban J connectivity index is 1.92. The minimum Gasteiger partial charge on any atom is -0.490 e. The van der Waals surface area contributed by atoms with E-state index < -0.39 is 0 Å². The summed E-state index contributed by atoms with van der Waals surface area (Å²) in [4.78, 5) is 13.2. The fraction of sp³-hybridized carbons (Fsp3) is 0.500. The lowest BCUT2D eigenvalue weighted by atomic mass is 10.2. The van der Waals surface area contributed by atoms with Gasteiger partial charge in [-0.3, -0.25) is 0 Å². The van der Waals surface area contributed by atoms with Crippen LogP contribution >= 0.6 is 15.9 Å². The molecular weight excluding hydrogens is 322 g/mol. The molecule has 20 heavy (non-hydrogen) atoms. The first-order valence-corrected chi connectivity index (χ1v) is 7.65. The van der Waals surface area contributed by atoms with Gasteiger partial charge in [0, 0.05) is 25.2 Å². The van der Waals surface area contributed by atoms with E-state index in [2.05, 4.69) is 33.5 Å². The van der Waals surface area contributed by atoms with E-state index in [1.54, 1.807) is 4.90 Å². The summed E-state index contributed by atoms with van der Waals surface area (Å²) in [6.07, 6.45) is 0. The number of halogens is 1. The number of carbonyl (C=O) groups is 1. The second-order valence-corrected chi connectivity index (χ2v) is 5.43. The number of ether oxygens (including phenoxy) is 1. The number of para-hydroxylation sites is 1. The highest BCUT2D eigenvalue weighted by molar-refractivity contribution is 9.10. The average molecular weight is 342 g/mol. The number of benzene rings is 1. The van der Waals surface area contributed by atoms with Crippen LogP contribution in [0.15, 0.2) is 22.7 Å². The van der Waals surface area contributed by atoms with Gasteiger partial charge in [-0.2, -0.15) is 0 Å². The minimum atomic E-state index is -0.00593. The Labute approximate surface area is 127 Å². The van der Waals surface area contributed by atoms with Crippen LogP contribution in [-0.4, -0.2) is 43.7 Å². The molecule has 0 bridgehead atoms. The Morgan fingerprint density at radius 2 is 2.35 bits per heavy atom. The summed E-state index contributed by atoms with van der Waals surface area (Å²) in [5.41, 5.74) is 1.12. The van der Waals surface area contributed by atoms with E-state index in [9.17, 15) is 4.79 Å². The van der Waals surface area contributed by atoms with Crippen LogP contribution in [-0.2, 0) is 6.54 Å². The van der Waals surface area contributed by atoms with Crippen molar-refractivity contribution in [3.05, 3.63) is 28.2 Å². The Kier molecular flexibility index (Phi) is 5.67. The predicted molar refractivity (Wildman–Crippen MR) is 82.0 cm³/mol. The van der Waals surface area contributed by atoms with Gasteiger partial charge in [-0.25, -0.2) is 4.79 Å². The lowest BCUT2D eigenvalue weighted by molar-refractivity contribution is 0.202. The van der Waals surface area contributed by atoms with Gasteiger partial charge in [-0.05, 0) is 28.5 Å². The highest BCUT2D eigenvalue weighted by atomic mass is 79.9. The largest absolute Gasteiger partial charge is 0.490 e. The first kappa shape index (κ1) is 15.1. The topological polar surface area (TPSA) is 53.6 Å². The number of nitrogens with one attached hydrogen (secondary N) is 2. The Morgan fingerprint density at radius 3 is 3.05 bits per heavy atom. The first-order chi connectivity index (χ1) is 9.72. The summed E-state index contributed by atoms with van der Waals surface area (Å²) in [7, 11) is 0. The molecule has 2 amide bonds. The Hall–Kier alpha value is -1.27. The van der Waals surface area contributed by atoms with E-state index in [4.69, 9.17) is 4.74 Å². The summed E-state index contributed by atoms with van der Waals surface area (Å²) in [6.45, 7) is 6.34. The second kappa shape index (κ2) is 7.50. The van der Waals surface area contributed by atoms with E-state index >= 15 is 0 Å². The van der Waals surface area contributed by atoms with Gasteiger partial charge in [0.05, 0.1) is 11.0 Å². The first-order valence-electron chi connectivity index (χ1n) is 6.86. The molecule has 1 aliphatic rings. The molecule has 110 valence electrons. The SMILES string of the molecule is CCNCc1cccc(Br)c1OCCN1CCNC1=O. The van der Waals surface area contributed by atoms with Gasteiger partial charge in [0.25, 0.3) is 0 Å². The molecule has 1 aliphatic heterocycles. The van der Waals surface area contributed by atoms with Crippen LogP contribution in [0.1, 0.15) is 12.5 Å². The number of hydrogen-bond acceptors (Lipinski definition) is 3. The number of amides is 2. The third kappa shape index (κ3) is 3.86. The smallest absolute Gasteiger partial charge is 0.317 e. The molecule has 1 aromatic rings. The van der Waals surface area contributed by atoms with Gasteiger partial charge in [0.2, 0.25) is 0 Å². The van der Waals surface area contributed by atoms with E-state index in [-0.39, 0.29) is 6.03 Å². The van der Waals surface area contributed by atoms with Crippen molar-refractivity contribution >= 4 is 22.0 Å². The number of nitrogens with zero attached hydrogens (tertiary/aromatic N) is 1. The van der Waals surface area contributed by atoms with Crippen molar-refractivity contribution in [2.45, 2.75) is 13.5 Å². The fourth-order valence-corrected chi connectivity index (χ4v) is 2.62. The molecule has 0 atom stereocenters. The number of carbonyl (C=O) groups excluding carboxylic acids is 1. The van der Waals surface area contributed by atoms with Gasteiger partial charge in [-0.1, -0.05) is 19.1 Å². The van der Waals surface area contributed by atoms with Gasteiger partial charge in [-0.15, -0.1) is 0 Å². The van der Waals surface area contributed by atoms with E-state index in [1.807, 2.05) is 18.2 Å². The molecule has 0 aromatic heterocycles. The summed E-state index contributed by atoms with van der Waals surface area (Å²) < 4.78 is 6.81. The molecular formula is C14H20BrN3O2. The van der Waals surface area contributed by atoms with Crippen molar-refractivity contribution in [2.24, 2.45) is 0 Å². The third-order valence-electron chi connectivity index (χ3n) is 3.17. The maximum absolute atomic E-state index is 11.4. The monoisotopic (exact) mass is 341 g/mol. The van der Waals surface area contributed by atoms with Crippen LogP contribution in [0.4, 0.5) is 4.79 Å². The van der Waals surface area contributed by atoms with Crippen LogP contribution in [0.2, 0.25) is 0 Å². The van der Waals surface area contributed by atoms with Crippen molar-refractivity contribution in [2.75, 3.05) is 32.8 Å². The van der Waals surface area contributed by atoms with Crippen LogP contribution in [0.25, 0.3) is 0 Å². The lowest BCUT2D eigenvalue weighted by Gasteiger charge is -2.17. The molecule has 1 saturated heterocycles. The lowest BCUT2D eigenvalue weighted by Crippen LogP contribution is -2.32. The molecule has 2 rings (SSSR count). The van der Waals surface area contributed by atoms with E-state index in [0.29, 0.717) is 13.2 Å². The van der Waals surface area contributed by atoms with E-state index in [1.165, 1.54) is 0 Å². The van der Waals surface area contributed by atoms with Crippen LogP contribution < -0.4 is 15.4 Å². The highest BCUT2D eigenvalue weighted by Crippen LogP contribution is 2.29. The fourth-order valence-electron chi connectivity index (χ4n) is 2.10. The molecule has 0 radical (unpaired) electrons. The number of hydrogen-bond donors (Lipinski definition) is 2. The normalized spacial score (nSPS) is 14.5. The second-order valence-electron chi connectivity index (χ2n) is 4.58. The Bertz CT molecular complexity index is 468. The quantitative estimate of drug-likeness (QED) is 0.797. The zero-order valence-corrected chi connectivity index (χ0v) is 13.2. The van der Waals surface area contributed by atoms with Crippen LogP contribution in [0, 0.1) is 0 Å². The molecule has 5 nitrogen and oxygen atoms in total. The Morgan fingerprint density at radius 1 is 1.50 bits per heavy atom. The molecule has 1 heterocycles. The molecule has 0 aliphatic carbocycles. The maximum Gasteiger partial charge on any atom is 0.317 e. The van der Waals surface area contributed by atoms with Crippen molar-refractivity contribution in [1.29, 1.82) is 0 Å². The highest BCUT2D eigenvalue weighted by Gasteiger charge is 2.19. The van der Waals surface area contributed by atoms with Gasteiger partial charge < -0.3 is 20.3 Å². The predicted octanol–water partition coefficient (Wildman–Crippen LogP) is 1.96. The molecule has 0 saturated carbocycles. The maximum atomic E-state index is 11.4. The third-order valence-corrected chi connectivity index (χ3v) is 3.79. The number of urea groups is 1. The molecule has 2 N–H and O–H groups in total. The molecule has 1 aromatic carbocycles. The van der Waals surface area contributed by atoms with Crippen molar-refractivity contribution in [1.82, 2.24) is 15.5 Å². The molecule has 0 unspecified atom stereocenters. The summed E-state index contributed by atoms with van der Waals surface area (Å²) in [5, 5.41) is 6.08. The summed E-state index contributed by atoms with van der Waals surface area (Å²) in [5.74, 6) is 0.855. The summed E-state index contributed by atoms with van der Waals surface area (Å²) >= 11 is 3.52. The zero-order chi connectivity index (χ0) is 14.4. The minimum absolute atomic E-state index is 0.00593. The zero-order valence-electron chi connectivity index (χ0n) is 11.6. The molecule has 1 fully saturated rings. The summed E-state index contributed by atoms with van der Waals surface area (Å²) in [6, 6.07) is 6.00. The number of rotatable bonds is 7. The van der Waals surface area contributed by atoms with Crippen molar-refractivity contribution < 1.29 is 9.53 Å². The van der Waals surface area contributed by atoms with Crippen molar-refractivity contribution in [3.63, 3.8) is 0 Å². The van der Waals surface area contributed by atoms with Gasteiger partial charge in [0.1, 0.15) is 12.4 Å².